The zero-order chi connectivity index (χ0) is 16.9. The van der Waals surface area contributed by atoms with Gasteiger partial charge in [-0.05, 0) is 30.2 Å². The van der Waals surface area contributed by atoms with Crippen LogP contribution in [-0.2, 0) is 4.79 Å². The first kappa shape index (κ1) is 18.5. The Bertz CT molecular complexity index is 568. The van der Waals surface area contributed by atoms with Crippen molar-refractivity contribution in [3.63, 3.8) is 0 Å². The zero-order valence-electron chi connectivity index (χ0n) is 13.7. The summed E-state index contributed by atoms with van der Waals surface area (Å²) in [5, 5.41) is 11.7. The first-order valence-corrected chi connectivity index (χ1v) is 7.95. The number of unbranched alkanes of at least 4 members (excludes halogenated alkanes) is 3. The van der Waals surface area contributed by atoms with Crippen molar-refractivity contribution in [2.45, 2.75) is 32.6 Å². The Morgan fingerprint density at radius 2 is 2.04 bits per heavy atom. The van der Waals surface area contributed by atoms with E-state index in [9.17, 15) is 4.79 Å². The Balaban J connectivity index is 2.57. The third-order valence-electron chi connectivity index (χ3n) is 3.23. The largest absolute Gasteiger partial charge is 0.494 e. The lowest BCUT2D eigenvalue weighted by Gasteiger charge is -2.06. The number of amides is 1. The van der Waals surface area contributed by atoms with E-state index in [0.717, 1.165) is 17.7 Å². The van der Waals surface area contributed by atoms with E-state index < -0.39 is 5.91 Å². The van der Waals surface area contributed by atoms with E-state index in [1.807, 2.05) is 30.3 Å². The number of nitriles is 1. The molecular weight excluding hydrogens is 288 g/mol. The fraction of sp³-hybridized carbons (Fsp3) is 0.368. The molecule has 0 atom stereocenters. The second-order valence-electron chi connectivity index (χ2n) is 5.15. The van der Waals surface area contributed by atoms with E-state index in [1.54, 1.807) is 12.2 Å². The standard InChI is InChI=1S/C19H24N2O2/c1-3-5-6-7-13-23-18-10-8-16(9-11-18)14-17(15-20)19(22)21-12-4-2/h4,8-11,14H,2-3,5-7,12-13H2,1H3,(H,21,22)/b17-14-. The van der Waals surface area contributed by atoms with E-state index in [2.05, 4.69) is 18.8 Å². The van der Waals surface area contributed by atoms with Crippen molar-refractivity contribution < 1.29 is 9.53 Å². The molecule has 4 heteroatoms. The Kier molecular flexibility index (Phi) is 8.92. The highest BCUT2D eigenvalue weighted by Crippen LogP contribution is 2.15. The molecule has 0 spiro atoms. The molecule has 4 nitrogen and oxygen atoms in total. The molecule has 1 aromatic carbocycles. The van der Waals surface area contributed by atoms with Gasteiger partial charge in [-0.15, -0.1) is 6.58 Å². The van der Waals surface area contributed by atoms with Crippen molar-refractivity contribution in [2.75, 3.05) is 13.2 Å². The Hall–Kier alpha value is -2.54. The van der Waals surface area contributed by atoms with Crippen molar-refractivity contribution in [2.24, 2.45) is 0 Å². The molecule has 0 aliphatic rings. The van der Waals surface area contributed by atoms with E-state index in [0.29, 0.717) is 13.2 Å². The molecule has 0 heterocycles. The van der Waals surface area contributed by atoms with Crippen molar-refractivity contribution in [1.82, 2.24) is 5.32 Å². The van der Waals surface area contributed by atoms with E-state index in [4.69, 9.17) is 10.00 Å². The average Bonchev–Trinajstić information content (AvgIpc) is 2.58. The molecule has 1 aromatic rings. The van der Waals surface area contributed by atoms with Crippen LogP contribution in [0.2, 0.25) is 0 Å². The van der Waals surface area contributed by atoms with Crippen LogP contribution >= 0.6 is 0 Å². The number of hydrogen-bond acceptors (Lipinski definition) is 3. The summed E-state index contributed by atoms with van der Waals surface area (Å²) in [6.07, 6.45) is 7.81. The van der Waals surface area contributed by atoms with Crippen LogP contribution in [0.5, 0.6) is 5.75 Å². The SMILES string of the molecule is C=CCNC(=O)/C(C#N)=C\c1ccc(OCCCCCC)cc1. The minimum absolute atomic E-state index is 0.0695. The first-order chi connectivity index (χ1) is 11.2. The Morgan fingerprint density at radius 1 is 1.30 bits per heavy atom. The normalized spacial score (nSPS) is 10.7. The molecule has 23 heavy (non-hydrogen) atoms. The molecule has 1 rings (SSSR count). The summed E-state index contributed by atoms with van der Waals surface area (Å²) in [5.41, 5.74) is 0.855. The molecule has 0 bridgehead atoms. The van der Waals surface area contributed by atoms with Crippen LogP contribution in [0.4, 0.5) is 0 Å². The topological polar surface area (TPSA) is 62.1 Å². The average molecular weight is 312 g/mol. The van der Waals surface area contributed by atoms with Crippen LogP contribution in [0, 0.1) is 11.3 Å². The minimum atomic E-state index is -0.399. The van der Waals surface area contributed by atoms with Gasteiger partial charge in [-0.25, -0.2) is 0 Å². The maximum absolute atomic E-state index is 11.8. The predicted molar refractivity (Wildman–Crippen MR) is 92.9 cm³/mol. The summed E-state index contributed by atoms with van der Waals surface area (Å²) in [6.45, 7) is 6.75. The highest BCUT2D eigenvalue weighted by Gasteiger charge is 2.07. The number of rotatable bonds is 10. The lowest BCUT2D eigenvalue weighted by molar-refractivity contribution is -0.116. The highest BCUT2D eigenvalue weighted by atomic mass is 16.5. The Labute approximate surface area is 138 Å². The number of ether oxygens (including phenoxy) is 1. The molecule has 1 amide bonds. The van der Waals surface area contributed by atoms with Gasteiger partial charge in [0.1, 0.15) is 17.4 Å². The fourth-order valence-corrected chi connectivity index (χ4v) is 1.95. The smallest absolute Gasteiger partial charge is 0.262 e. The second kappa shape index (κ2) is 11.1. The summed E-state index contributed by atoms with van der Waals surface area (Å²) in [5.74, 6) is 0.400. The summed E-state index contributed by atoms with van der Waals surface area (Å²) in [4.78, 5) is 11.8. The molecule has 0 saturated carbocycles. The van der Waals surface area contributed by atoms with Gasteiger partial charge in [-0.3, -0.25) is 4.79 Å². The van der Waals surface area contributed by atoms with E-state index in [-0.39, 0.29) is 5.57 Å². The van der Waals surface area contributed by atoms with Gasteiger partial charge in [-0.2, -0.15) is 5.26 Å². The van der Waals surface area contributed by atoms with Crippen LogP contribution in [0.1, 0.15) is 38.2 Å². The molecule has 0 aliphatic carbocycles. The van der Waals surface area contributed by atoms with E-state index >= 15 is 0 Å². The van der Waals surface area contributed by atoms with Crippen molar-refractivity contribution in [3.8, 4) is 11.8 Å². The highest BCUT2D eigenvalue weighted by molar-refractivity contribution is 6.01. The van der Waals surface area contributed by atoms with Gasteiger partial charge in [0, 0.05) is 6.54 Å². The van der Waals surface area contributed by atoms with Gasteiger partial charge in [-0.1, -0.05) is 44.4 Å². The number of carbonyl (C=O) groups excluding carboxylic acids is 1. The maximum atomic E-state index is 11.8. The van der Waals surface area contributed by atoms with Crippen molar-refractivity contribution >= 4 is 12.0 Å². The lowest BCUT2D eigenvalue weighted by Crippen LogP contribution is -2.24. The van der Waals surface area contributed by atoms with Gasteiger partial charge in [0.15, 0.2) is 0 Å². The fourth-order valence-electron chi connectivity index (χ4n) is 1.95. The van der Waals surface area contributed by atoms with Crippen LogP contribution < -0.4 is 10.1 Å². The number of nitrogens with zero attached hydrogens (tertiary/aromatic N) is 1. The summed E-state index contributed by atoms with van der Waals surface area (Å²) in [6, 6.07) is 9.28. The van der Waals surface area contributed by atoms with Crippen LogP contribution in [0.3, 0.4) is 0 Å². The van der Waals surface area contributed by atoms with E-state index in [1.165, 1.54) is 19.3 Å². The molecule has 0 unspecified atom stereocenters. The minimum Gasteiger partial charge on any atom is -0.494 e. The van der Waals surface area contributed by atoms with Crippen LogP contribution in [-0.4, -0.2) is 19.1 Å². The number of nitrogens with one attached hydrogen (secondary N) is 1. The summed E-state index contributed by atoms with van der Waals surface area (Å²) in [7, 11) is 0. The Morgan fingerprint density at radius 3 is 2.65 bits per heavy atom. The molecule has 0 aliphatic heterocycles. The molecular formula is C19H24N2O2. The summed E-state index contributed by atoms with van der Waals surface area (Å²) >= 11 is 0. The third-order valence-corrected chi connectivity index (χ3v) is 3.23. The van der Waals surface area contributed by atoms with Gasteiger partial charge in [0.25, 0.3) is 5.91 Å². The quantitative estimate of drug-likeness (QED) is 0.309. The molecule has 0 aromatic heterocycles. The summed E-state index contributed by atoms with van der Waals surface area (Å²) < 4.78 is 5.66. The second-order valence-corrected chi connectivity index (χ2v) is 5.15. The molecule has 0 saturated heterocycles. The van der Waals surface area contributed by atoms with Crippen molar-refractivity contribution in [3.05, 3.63) is 48.1 Å². The predicted octanol–water partition coefficient (Wildman–Crippen LogP) is 3.85. The molecule has 122 valence electrons. The van der Waals surface area contributed by atoms with Gasteiger partial charge in [0.2, 0.25) is 0 Å². The van der Waals surface area contributed by atoms with Gasteiger partial charge < -0.3 is 10.1 Å². The zero-order valence-corrected chi connectivity index (χ0v) is 13.7. The van der Waals surface area contributed by atoms with Crippen LogP contribution in [0.15, 0.2) is 42.5 Å². The third kappa shape index (κ3) is 7.32. The lowest BCUT2D eigenvalue weighted by atomic mass is 10.1. The first-order valence-electron chi connectivity index (χ1n) is 7.95. The van der Waals surface area contributed by atoms with Crippen molar-refractivity contribution in [1.29, 1.82) is 5.26 Å². The number of carbonyl (C=O) groups is 1. The maximum Gasteiger partial charge on any atom is 0.262 e. The monoisotopic (exact) mass is 312 g/mol. The van der Waals surface area contributed by atoms with Gasteiger partial charge in [0.05, 0.1) is 6.61 Å². The number of hydrogen-bond donors (Lipinski definition) is 1. The van der Waals surface area contributed by atoms with Gasteiger partial charge >= 0.3 is 0 Å². The number of benzene rings is 1. The van der Waals surface area contributed by atoms with Crippen LogP contribution in [0.25, 0.3) is 6.08 Å². The molecule has 0 radical (unpaired) electrons. The molecule has 0 fully saturated rings. The molecule has 1 N–H and O–H groups in total.